The fourth-order valence-electron chi connectivity index (χ4n) is 2.44. The first-order valence-corrected chi connectivity index (χ1v) is 7.42. The minimum atomic E-state index is -1.26. The molecule has 0 saturated carbocycles. The number of ether oxygens (including phenoxy) is 2. The van der Waals surface area contributed by atoms with Crippen LogP contribution in [0.3, 0.4) is 0 Å². The molecular formula is C19H16O5. The summed E-state index contributed by atoms with van der Waals surface area (Å²) in [4.78, 5) is 24.0. The van der Waals surface area contributed by atoms with Gasteiger partial charge in [0.1, 0.15) is 11.3 Å². The molecule has 1 saturated heterocycles. The van der Waals surface area contributed by atoms with Crippen LogP contribution >= 0.6 is 0 Å². The SMILES string of the molecule is CC1(C)OC(=O)C(=Cc2cccc(-c3cccc(O)c3)c2)C(=O)O1. The summed E-state index contributed by atoms with van der Waals surface area (Å²) >= 11 is 0. The van der Waals surface area contributed by atoms with Crippen molar-refractivity contribution in [3.05, 3.63) is 59.7 Å². The van der Waals surface area contributed by atoms with Crippen molar-refractivity contribution in [1.29, 1.82) is 0 Å². The summed E-state index contributed by atoms with van der Waals surface area (Å²) in [5.74, 6) is -2.51. The molecule has 5 nitrogen and oxygen atoms in total. The van der Waals surface area contributed by atoms with Crippen LogP contribution in [-0.2, 0) is 19.1 Å². The van der Waals surface area contributed by atoms with Crippen LogP contribution in [0.1, 0.15) is 19.4 Å². The number of carbonyl (C=O) groups is 2. The number of rotatable bonds is 2. The van der Waals surface area contributed by atoms with E-state index in [9.17, 15) is 14.7 Å². The average Bonchev–Trinajstić information content (AvgIpc) is 2.50. The average molecular weight is 324 g/mol. The van der Waals surface area contributed by atoms with E-state index in [0.717, 1.165) is 11.1 Å². The van der Waals surface area contributed by atoms with Crippen LogP contribution in [0.15, 0.2) is 54.1 Å². The van der Waals surface area contributed by atoms with Gasteiger partial charge in [0.05, 0.1) is 0 Å². The van der Waals surface area contributed by atoms with Crippen molar-refractivity contribution in [1.82, 2.24) is 0 Å². The van der Waals surface area contributed by atoms with Gasteiger partial charge in [-0.2, -0.15) is 0 Å². The van der Waals surface area contributed by atoms with Crippen LogP contribution in [0, 0.1) is 0 Å². The van der Waals surface area contributed by atoms with Gasteiger partial charge in [0.2, 0.25) is 0 Å². The third-order valence-corrected chi connectivity index (χ3v) is 3.49. The number of hydrogen-bond acceptors (Lipinski definition) is 5. The maximum Gasteiger partial charge on any atom is 0.348 e. The van der Waals surface area contributed by atoms with Gasteiger partial charge in [-0.1, -0.05) is 30.3 Å². The predicted octanol–water partition coefficient (Wildman–Crippen LogP) is 3.28. The number of esters is 2. The van der Waals surface area contributed by atoms with Crippen LogP contribution < -0.4 is 0 Å². The van der Waals surface area contributed by atoms with Crippen molar-refractivity contribution in [2.45, 2.75) is 19.6 Å². The zero-order valence-electron chi connectivity index (χ0n) is 13.3. The number of hydrogen-bond donors (Lipinski definition) is 1. The van der Waals surface area contributed by atoms with Gasteiger partial charge in [-0.15, -0.1) is 0 Å². The van der Waals surface area contributed by atoms with Crippen molar-refractivity contribution in [2.24, 2.45) is 0 Å². The molecular weight excluding hydrogens is 308 g/mol. The Morgan fingerprint density at radius 2 is 1.50 bits per heavy atom. The van der Waals surface area contributed by atoms with Gasteiger partial charge in [-0.3, -0.25) is 0 Å². The van der Waals surface area contributed by atoms with E-state index in [1.165, 1.54) is 19.9 Å². The summed E-state index contributed by atoms with van der Waals surface area (Å²) < 4.78 is 10.2. The molecule has 2 aromatic rings. The third-order valence-electron chi connectivity index (χ3n) is 3.49. The number of phenols is 1. The fraction of sp³-hybridized carbons (Fsp3) is 0.158. The summed E-state index contributed by atoms with van der Waals surface area (Å²) in [6.45, 7) is 3.00. The van der Waals surface area contributed by atoms with Gasteiger partial charge in [0, 0.05) is 13.8 Å². The Morgan fingerprint density at radius 1 is 0.917 bits per heavy atom. The molecule has 1 heterocycles. The molecule has 122 valence electrons. The van der Waals surface area contributed by atoms with Crippen LogP contribution in [0.5, 0.6) is 5.75 Å². The highest BCUT2D eigenvalue weighted by atomic mass is 16.7. The van der Waals surface area contributed by atoms with Crippen molar-refractivity contribution >= 4 is 18.0 Å². The zero-order chi connectivity index (χ0) is 17.3. The first-order chi connectivity index (χ1) is 11.3. The summed E-state index contributed by atoms with van der Waals surface area (Å²) in [7, 11) is 0. The van der Waals surface area contributed by atoms with Gasteiger partial charge in [-0.05, 0) is 41.0 Å². The molecule has 1 fully saturated rings. The molecule has 1 N–H and O–H groups in total. The Morgan fingerprint density at radius 3 is 2.12 bits per heavy atom. The highest BCUT2D eigenvalue weighted by Crippen LogP contribution is 2.27. The van der Waals surface area contributed by atoms with E-state index >= 15 is 0 Å². The first-order valence-electron chi connectivity index (χ1n) is 7.42. The van der Waals surface area contributed by atoms with Crippen molar-refractivity contribution in [2.75, 3.05) is 0 Å². The minimum absolute atomic E-state index is 0.151. The molecule has 0 aromatic heterocycles. The second-order valence-electron chi connectivity index (χ2n) is 5.91. The monoisotopic (exact) mass is 324 g/mol. The summed E-state index contributed by atoms with van der Waals surface area (Å²) in [5, 5.41) is 9.59. The molecule has 0 amide bonds. The van der Waals surface area contributed by atoms with E-state index in [-0.39, 0.29) is 11.3 Å². The van der Waals surface area contributed by atoms with E-state index in [2.05, 4.69) is 0 Å². The van der Waals surface area contributed by atoms with Gasteiger partial charge in [0.15, 0.2) is 0 Å². The van der Waals surface area contributed by atoms with Gasteiger partial charge >= 0.3 is 11.9 Å². The van der Waals surface area contributed by atoms with Crippen LogP contribution in [0.2, 0.25) is 0 Å². The van der Waals surface area contributed by atoms with Crippen molar-refractivity contribution < 1.29 is 24.2 Å². The topological polar surface area (TPSA) is 72.8 Å². The molecule has 1 aliphatic rings. The molecule has 0 radical (unpaired) electrons. The molecule has 24 heavy (non-hydrogen) atoms. The zero-order valence-corrected chi connectivity index (χ0v) is 13.3. The second kappa shape index (κ2) is 5.85. The number of phenolic OH excluding ortho intramolecular Hbond substituents is 1. The number of cyclic esters (lactones) is 2. The highest BCUT2D eigenvalue weighted by molar-refractivity contribution is 6.18. The lowest BCUT2D eigenvalue weighted by Crippen LogP contribution is -2.41. The minimum Gasteiger partial charge on any atom is -0.508 e. The lowest BCUT2D eigenvalue weighted by Gasteiger charge is -2.29. The van der Waals surface area contributed by atoms with Crippen molar-refractivity contribution in [3.8, 4) is 16.9 Å². The lowest BCUT2D eigenvalue weighted by atomic mass is 10.0. The summed E-state index contributed by atoms with van der Waals surface area (Å²) in [6, 6.07) is 14.1. The van der Waals surface area contributed by atoms with Gasteiger partial charge in [-0.25, -0.2) is 9.59 Å². The molecule has 0 atom stereocenters. The largest absolute Gasteiger partial charge is 0.508 e. The van der Waals surface area contributed by atoms with Gasteiger partial charge < -0.3 is 14.6 Å². The standard InChI is InChI=1S/C19H16O5/c1-19(2)23-17(21)16(18(22)24-19)10-12-5-3-6-13(9-12)14-7-4-8-15(20)11-14/h3-11,20H,1-2H3. The summed E-state index contributed by atoms with van der Waals surface area (Å²) in [6.07, 6.45) is 1.44. The molecule has 0 spiro atoms. The quantitative estimate of drug-likeness (QED) is 0.521. The third kappa shape index (κ3) is 3.30. The Hall–Kier alpha value is -3.08. The molecule has 0 unspecified atom stereocenters. The number of carbonyl (C=O) groups excluding carboxylic acids is 2. The van der Waals surface area contributed by atoms with E-state index in [0.29, 0.717) is 5.56 Å². The molecule has 2 aromatic carbocycles. The van der Waals surface area contributed by atoms with Crippen LogP contribution in [0.4, 0.5) is 0 Å². The number of aromatic hydroxyl groups is 1. The van der Waals surface area contributed by atoms with E-state index < -0.39 is 17.7 Å². The first kappa shape index (κ1) is 15.8. The fourth-order valence-corrected chi connectivity index (χ4v) is 2.44. The highest BCUT2D eigenvalue weighted by Gasteiger charge is 2.38. The van der Waals surface area contributed by atoms with E-state index in [1.54, 1.807) is 30.3 Å². The summed E-state index contributed by atoms with van der Waals surface area (Å²) in [5.41, 5.74) is 2.17. The molecule has 1 aliphatic heterocycles. The number of benzene rings is 2. The molecule has 5 heteroatoms. The van der Waals surface area contributed by atoms with Crippen LogP contribution in [-0.4, -0.2) is 22.8 Å². The Bertz CT molecular complexity index is 826. The predicted molar refractivity (Wildman–Crippen MR) is 87.8 cm³/mol. The molecule has 3 rings (SSSR count). The molecule has 0 aliphatic carbocycles. The Kier molecular flexibility index (Phi) is 3.85. The van der Waals surface area contributed by atoms with E-state index in [1.807, 2.05) is 18.2 Å². The maximum absolute atomic E-state index is 12.0. The Balaban J connectivity index is 1.95. The molecule has 0 bridgehead atoms. The second-order valence-corrected chi connectivity index (χ2v) is 5.91. The normalized spacial score (nSPS) is 16.3. The van der Waals surface area contributed by atoms with Gasteiger partial charge in [0.25, 0.3) is 5.79 Å². The Labute approximate surface area is 139 Å². The van der Waals surface area contributed by atoms with Crippen LogP contribution in [0.25, 0.3) is 17.2 Å². The van der Waals surface area contributed by atoms with Crippen molar-refractivity contribution in [3.63, 3.8) is 0 Å². The van der Waals surface area contributed by atoms with E-state index in [4.69, 9.17) is 9.47 Å². The smallest absolute Gasteiger partial charge is 0.348 e. The lowest BCUT2D eigenvalue weighted by molar-refractivity contribution is -0.222. The maximum atomic E-state index is 12.0.